The maximum Gasteiger partial charge on any atom is 0.119 e. The van der Waals surface area contributed by atoms with Crippen molar-refractivity contribution in [2.75, 3.05) is 7.05 Å². The number of unbranched alkanes of at least 4 members (excludes halogenated alkanes) is 1. The molecule has 0 aromatic carbocycles. The van der Waals surface area contributed by atoms with Crippen molar-refractivity contribution in [1.29, 1.82) is 0 Å². The second kappa shape index (κ2) is 6.49. The maximum absolute atomic E-state index is 9.92. The Hall–Kier alpha value is -0.630. The number of aldehydes is 1. The summed E-state index contributed by atoms with van der Waals surface area (Å²) in [6.45, 7) is 3.66. The molecule has 0 amide bonds. The van der Waals surface area contributed by atoms with Gasteiger partial charge < -0.3 is 10.1 Å². The predicted molar refractivity (Wildman–Crippen MR) is 43.0 cm³/mol. The molecule has 0 bridgehead atoms. The first kappa shape index (κ1) is 9.37. The lowest BCUT2D eigenvalue weighted by atomic mass is 10.1. The summed E-state index contributed by atoms with van der Waals surface area (Å²) >= 11 is 0. The van der Waals surface area contributed by atoms with E-state index in [9.17, 15) is 4.79 Å². The number of carbonyl (C=O) groups is 1. The molecule has 2 heteroatoms. The summed E-state index contributed by atoms with van der Waals surface area (Å²) < 4.78 is 0. The van der Waals surface area contributed by atoms with Gasteiger partial charge in [0.05, 0.1) is 0 Å². The minimum atomic E-state index is 0.361. The largest absolute Gasteiger partial charge is 0.314 e. The maximum atomic E-state index is 9.92. The Bertz CT molecular complexity index is 101. The van der Waals surface area contributed by atoms with Gasteiger partial charge in [0.15, 0.2) is 0 Å². The highest BCUT2D eigenvalue weighted by Crippen LogP contribution is 1.98. The topological polar surface area (TPSA) is 29.1 Å². The van der Waals surface area contributed by atoms with Crippen molar-refractivity contribution in [3.63, 3.8) is 0 Å². The van der Waals surface area contributed by atoms with Crippen LogP contribution in [0.1, 0.15) is 19.3 Å². The Morgan fingerprint density at radius 2 is 2.40 bits per heavy atom. The summed E-state index contributed by atoms with van der Waals surface area (Å²) in [5.41, 5.74) is 0. The van der Waals surface area contributed by atoms with Crippen molar-refractivity contribution < 1.29 is 4.79 Å². The SMILES string of the molecule is C=CC(CCCC=O)NC. The Labute approximate surface area is 62.3 Å². The predicted octanol–water partition coefficient (Wildman–Crippen LogP) is 1.13. The number of carbonyl (C=O) groups excluding carboxylic acids is 1. The lowest BCUT2D eigenvalue weighted by Crippen LogP contribution is -2.21. The second-order valence-electron chi connectivity index (χ2n) is 2.23. The van der Waals surface area contributed by atoms with Gasteiger partial charge in [-0.05, 0) is 19.9 Å². The van der Waals surface area contributed by atoms with Crippen LogP contribution in [-0.4, -0.2) is 19.4 Å². The standard InChI is InChI=1S/C8H15NO/c1-3-8(9-2)6-4-5-7-10/h3,7-9H,1,4-6H2,2H3. The average molecular weight is 141 g/mol. The van der Waals surface area contributed by atoms with Crippen LogP contribution in [0.4, 0.5) is 0 Å². The first-order valence-corrected chi connectivity index (χ1v) is 3.58. The van der Waals surface area contributed by atoms with Crippen LogP contribution in [0, 0.1) is 0 Å². The smallest absolute Gasteiger partial charge is 0.119 e. The van der Waals surface area contributed by atoms with Crippen LogP contribution < -0.4 is 5.32 Å². The summed E-state index contributed by atoms with van der Waals surface area (Å²) in [5, 5.41) is 3.08. The fourth-order valence-electron chi connectivity index (χ4n) is 0.801. The Kier molecular flexibility index (Phi) is 6.08. The van der Waals surface area contributed by atoms with Gasteiger partial charge in [0, 0.05) is 12.5 Å². The zero-order chi connectivity index (χ0) is 7.82. The van der Waals surface area contributed by atoms with Gasteiger partial charge in [-0.1, -0.05) is 6.08 Å². The molecule has 2 nitrogen and oxygen atoms in total. The van der Waals surface area contributed by atoms with E-state index in [0.29, 0.717) is 12.5 Å². The molecule has 0 aromatic rings. The quantitative estimate of drug-likeness (QED) is 0.341. The van der Waals surface area contributed by atoms with E-state index < -0.39 is 0 Å². The fraction of sp³-hybridized carbons (Fsp3) is 0.625. The molecule has 1 atom stereocenters. The third-order valence-electron chi connectivity index (χ3n) is 1.49. The van der Waals surface area contributed by atoms with Crippen molar-refractivity contribution in [1.82, 2.24) is 5.32 Å². The van der Waals surface area contributed by atoms with E-state index in [1.165, 1.54) is 0 Å². The van der Waals surface area contributed by atoms with Crippen LogP contribution in [0.15, 0.2) is 12.7 Å². The van der Waals surface area contributed by atoms with Crippen LogP contribution >= 0.6 is 0 Å². The van der Waals surface area contributed by atoms with E-state index in [1.807, 2.05) is 13.1 Å². The lowest BCUT2D eigenvalue weighted by molar-refractivity contribution is -0.107. The molecule has 0 saturated heterocycles. The normalized spacial score (nSPS) is 12.5. The van der Waals surface area contributed by atoms with Crippen molar-refractivity contribution in [3.05, 3.63) is 12.7 Å². The van der Waals surface area contributed by atoms with Crippen LogP contribution in [0.25, 0.3) is 0 Å². The van der Waals surface area contributed by atoms with Crippen LogP contribution in [-0.2, 0) is 4.79 Å². The minimum absolute atomic E-state index is 0.361. The van der Waals surface area contributed by atoms with E-state index in [-0.39, 0.29) is 0 Å². The Morgan fingerprint density at radius 3 is 2.80 bits per heavy atom. The van der Waals surface area contributed by atoms with Crippen molar-refractivity contribution in [2.24, 2.45) is 0 Å². The molecule has 0 saturated carbocycles. The van der Waals surface area contributed by atoms with E-state index in [2.05, 4.69) is 11.9 Å². The fourth-order valence-corrected chi connectivity index (χ4v) is 0.801. The van der Waals surface area contributed by atoms with Crippen molar-refractivity contribution in [3.8, 4) is 0 Å². The summed E-state index contributed by atoms with van der Waals surface area (Å²) in [4.78, 5) is 9.92. The highest BCUT2D eigenvalue weighted by atomic mass is 16.1. The molecule has 0 rings (SSSR count). The molecule has 58 valence electrons. The first-order valence-electron chi connectivity index (χ1n) is 3.58. The number of likely N-dealkylation sites (N-methyl/N-ethyl adjacent to an activating group) is 1. The van der Waals surface area contributed by atoms with E-state index in [1.54, 1.807) is 0 Å². The zero-order valence-corrected chi connectivity index (χ0v) is 6.47. The van der Waals surface area contributed by atoms with E-state index in [0.717, 1.165) is 19.1 Å². The third-order valence-corrected chi connectivity index (χ3v) is 1.49. The molecular weight excluding hydrogens is 126 g/mol. The van der Waals surface area contributed by atoms with Crippen molar-refractivity contribution >= 4 is 6.29 Å². The van der Waals surface area contributed by atoms with Gasteiger partial charge in [-0.2, -0.15) is 0 Å². The van der Waals surface area contributed by atoms with Gasteiger partial charge in [0.2, 0.25) is 0 Å². The number of rotatable bonds is 6. The number of hydrogen-bond acceptors (Lipinski definition) is 2. The summed E-state index contributed by atoms with van der Waals surface area (Å²) in [5.74, 6) is 0. The van der Waals surface area contributed by atoms with Gasteiger partial charge in [0.25, 0.3) is 0 Å². The molecule has 0 aliphatic rings. The van der Waals surface area contributed by atoms with Crippen molar-refractivity contribution in [2.45, 2.75) is 25.3 Å². The summed E-state index contributed by atoms with van der Waals surface area (Å²) in [7, 11) is 1.90. The summed E-state index contributed by atoms with van der Waals surface area (Å²) in [6.07, 6.45) is 5.42. The average Bonchev–Trinajstić information content (AvgIpc) is 1.99. The zero-order valence-electron chi connectivity index (χ0n) is 6.47. The minimum Gasteiger partial charge on any atom is -0.314 e. The van der Waals surface area contributed by atoms with Crippen LogP contribution in [0.2, 0.25) is 0 Å². The highest BCUT2D eigenvalue weighted by Gasteiger charge is 1.97. The molecule has 10 heavy (non-hydrogen) atoms. The molecule has 0 heterocycles. The molecule has 0 aromatic heterocycles. The highest BCUT2D eigenvalue weighted by molar-refractivity contribution is 5.48. The third kappa shape index (κ3) is 4.27. The summed E-state index contributed by atoms with van der Waals surface area (Å²) in [6, 6.07) is 0.361. The monoisotopic (exact) mass is 141 g/mol. The lowest BCUT2D eigenvalue weighted by Gasteiger charge is -2.08. The number of nitrogens with one attached hydrogen (secondary N) is 1. The molecule has 1 N–H and O–H groups in total. The number of hydrogen-bond donors (Lipinski definition) is 1. The van der Waals surface area contributed by atoms with Crippen LogP contribution in [0.3, 0.4) is 0 Å². The van der Waals surface area contributed by atoms with E-state index in [4.69, 9.17) is 0 Å². The molecular formula is C8H15NO. The molecule has 0 radical (unpaired) electrons. The van der Waals surface area contributed by atoms with Gasteiger partial charge in [-0.3, -0.25) is 0 Å². The second-order valence-corrected chi connectivity index (χ2v) is 2.23. The van der Waals surface area contributed by atoms with Crippen LogP contribution in [0.5, 0.6) is 0 Å². The Morgan fingerprint density at radius 1 is 1.70 bits per heavy atom. The molecule has 0 aliphatic heterocycles. The van der Waals surface area contributed by atoms with E-state index >= 15 is 0 Å². The molecule has 0 aliphatic carbocycles. The van der Waals surface area contributed by atoms with Gasteiger partial charge in [-0.25, -0.2) is 0 Å². The van der Waals surface area contributed by atoms with Gasteiger partial charge in [-0.15, -0.1) is 6.58 Å². The molecule has 1 unspecified atom stereocenters. The van der Waals surface area contributed by atoms with Gasteiger partial charge in [0.1, 0.15) is 6.29 Å². The Balaban J connectivity index is 3.25. The van der Waals surface area contributed by atoms with Gasteiger partial charge >= 0.3 is 0 Å². The molecule has 0 spiro atoms. The first-order chi connectivity index (χ1) is 4.85. The molecule has 0 fully saturated rings.